The Bertz CT molecular complexity index is 491. The van der Waals surface area contributed by atoms with Gasteiger partial charge in [-0.1, -0.05) is 12.1 Å². The molecule has 0 bridgehead atoms. The largest absolute Gasteiger partial charge is 0.142 e. The molecule has 0 aromatic heterocycles. The molecule has 5 heteroatoms. The summed E-state index contributed by atoms with van der Waals surface area (Å²) in [6.45, 7) is 4.07. The molecule has 0 atom stereocenters. The Morgan fingerprint density at radius 3 is 1.11 bits per heavy atom. The summed E-state index contributed by atoms with van der Waals surface area (Å²) in [5.74, 6) is 0. The number of benzene rings is 2. The van der Waals surface area contributed by atoms with Gasteiger partial charge in [0.25, 0.3) is 0 Å². The number of thiol groups is 4. The van der Waals surface area contributed by atoms with Crippen molar-refractivity contribution < 1.29 is 16.5 Å². The first-order valence-corrected chi connectivity index (χ1v) is 7.16. The summed E-state index contributed by atoms with van der Waals surface area (Å²) < 4.78 is 0. The predicted octanol–water partition coefficient (Wildman–Crippen LogP) is 5.14. The van der Waals surface area contributed by atoms with Crippen molar-refractivity contribution in [1.29, 1.82) is 0 Å². The Balaban J connectivity index is 0.000000324. The molecule has 19 heavy (non-hydrogen) atoms. The molecule has 0 aliphatic rings. The fourth-order valence-corrected chi connectivity index (χ4v) is 2.10. The number of rotatable bonds is 0. The molecule has 2 aromatic rings. The minimum atomic E-state index is 0. The van der Waals surface area contributed by atoms with Crippen molar-refractivity contribution >= 4 is 50.5 Å². The SMILES string of the molecule is Cc1ccc(S)c(S)c1.Cc1ccc(S)c(S)c1.[Ni]. The van der Waals surface area contributed by atoms with E-state index >= 15 is 0 Å². The molecular weight excluding hydrogens is 355 g/mol. The second-order valence-corrected chi connectivity index (χ2v) is 5.91. The van der Waals surface area contributed by atoms with Crippen molar-refractivity contribution in [1.82, 2.24) is 0 Å². The Morgan fingerprint density at radius 1 is 0.579 bits per heavy atom. The van der Waals surface area contributed by atoms with E-state index in [0.29, 0.717) is 0 Å². The quantitative estimate of drug-likeness (QED) is 0.358. The predicted molar refractivity (Wildman–Crippen MR) is 91.4 cm³/mol. The zero-order valence-corrected chi connectivity index (χ0v) is 15.1. The molecular formula is C14H16NiS4. The topological polar surface area (TPSA) is 0 Å². The van der Waals surface area contributed by atoms with Crippen LogP contribution in [0.3, 0.4) is 0 Å². The maximum Gasteiger partial charge on any atom is 0.0176 e. The molecule has 0 aliphatic carbocycles. The van der Waals surface area contributed by atoms with Crippen LogP contribution in [0.15, 0.2) is 56.0 Å². The zero-order chi connectivity index (χ0) is 13.7. The van der Waals surface area contributed by atoms with E-state index in [0.717, 1.165) is 19.6 Å². The van der Waals surface area contributed by atoms with Gasteiger partial charge in [-0.25, -0.2) is 0 Å². The second-order valence-electron chi connectivity index (χ2n) is 3.98. The first-order chi connectivity index (χ1) is 8.40. The van der Waals surface area contributed by atoms with Crippen LogP contribution >= 0.6 is 50.5 Å². The van der Waals surface area contributed by atoms with Crippen molar-refractivity contribution in [2.45, 2.75) is 33.4 Å². The smallest absolute Gasteiger partial charge is 0.0176 e. The summed E-state index contributed by atoms with van der Waals surface area (Å²) in [4.78, 5) is 3.75. The molecule has 0 saturated heterocycles. The van der Waals surface area contributed by atoms with Crippen molar-refractivity contribution in [2.75, 3.05) is 0 Å². The van der Waals surface area contributed by atoms with Gasteiger partial charge in [0.15, 0.2) is 0 Å². The Morgan fingerprint density at radius 2 is 0.895 bits per heavy atom. The molecule has 0 nitrogen and oxygen atoms in total. The fourth-order valence-electron chi connectivity index (χ4n) is 1.27. The van der Waals surface area contributed by atoms with E-state index in [1.165, 1.54) is 11.1 Å². The van der Waals surface area contributed by atoms with Gasteiger partial charge >= 0.3 is 0 Å². The van der Waals surface area contributed by atoms with Gasteiger partial charge in [-0.2, -0.15) is 0 Å². The summed E-state index contributed by atoms with van der Waals surface area (Å²) in [7, 11) is 0. The van der Waals surface area contributed by atoms with E-state index in [4.69, 9.17) is 0 Å². The molecule has 106 valence electrons. The number of hydrogen-bond acceptors (Lipinski definition) is 4. The molecule has 0 spiro atoms. The average Bonchev–Trinajstić information content (AvgIpc) is 2.30. The van der Waals surface area contributed by atoms with Gasteiger partial charge in [0, 0.05) is 36.1 Å². The van der Waals surface area contributed by atoms with Gasteiger partial charge < -0.3 is 0 Å². The van der Waals surface area contributed by atoms with Crippen LogP contribution in [-0.2, 0) is 16.5 Å². The third-order valence-electron chi connectivity index (χ3n) is 2.26. The Kier molecular flexibility index (Phi) is 9.47. The summed E-state index contributed by atoms with van der Waals surface area (Å²) in [5.41, 5.74) is 2.44. The van der Waals surface area contributed by atoms with Crippen LogP contribution in [0.25, 0.3) is 0 Å². The van der Waals surface area contributed by atoms with E-state index in [1.807, 2.05) is 50.2 Å². The molecule has 0 radical (unpaired) electrons. The van der Waals surface area contributed by atoms with Crippen LogP contribution < -0.4 is 0 Å². The van der Waals surface area contributed by atoms with Crippen LogP contribution in [0.1, 0.15) is 11.1 Å². The fraction of sp³-hybridized carbons (Fsp3) is 0.143. The van der Waals surface area contributed by atoms with Gasteiger partial charge in [0.05, 0.1) is 0 Å². The summed E-state index contributed by atoms with van der Waals surface area (Å²) in [5, 5.41) is 0. The van der Waals surface area contributed by atoms with Gasteiger partial charge in [-0.15, -0.1) is 50.5 Å². The van der Waals surface area contributed by atoms with Crippen LogP contribution in [-0.4, -0.2) is 0 Å². The third kappa shape index (κ3) is 7.05. The molecule has 0 aliphatic heterocycles. The van der Waals surface area contributed by atoms with Crippen molar-refractivity contribution in [2.24, 2.45) is 0 Å². The molecule has 0 saturated carbocycles. The molecule has 2 aromatic carbocycles. The standard InChI is InChI=1S/2C7H8S2.Ni/c2*1-5-2-3-6(8)7(9)4-5;/h2*2-4,8-9H,1H3;. The Labute approximate surface area is 147 Å². The van der Waals surface area contributed by atoms with E-state index in [-0.39, 0.29) is 16.5 Å². The van der Waals surface area contributed by atoms with Crippen LogP contribution in [0.2, 0.25) is 0 Å². The van der Waals surface area contributed by atoms with Crippen LogP contribution in [0.4, 0.5) is 0 Å². The normalized spacial score (nSPS) is 9.16. The molecule has 0 N–H and O–H groups in total. The third-order valence-corrected chi connectivity index (χ3v) is 4.13. The molecule has 0 fully saturated rings. The Hall–Kier alpha value is 0.334. The van der Waals surface area contributed by atoms with Crippen molar-refractivity contribution in [3.05, 3.63) is 47.5 Å². The van der Waals surface area contributed by atoms with E-state index in [1.54, 1.807) is 0 Å². The number of aryl methyl sites for hydroxylation is 2. The maximum absolute atomic E-state index is 4.19. The van der Waals surface area contributed by atoms with Gasteiger partial charge in [-0.3, -0.25) is 0 Å². The van der Waals surface area contributed by atoms with Crippen molar-refractivity contribution in [3.63, 3.8) is 0 Å². The maximum atomic E-state index is 4.19. The van der Waals surface area contributed by atoms with Crippen LogP contribution in [0.5, 0.6) is 0 Å². The minimum Gasteiger partial charge on any atom is -0.142 e. The first-order valence-electron chi connectivity index (χ1n) is 5.37. The van der Waals surface area contributed by atoms with Crippen molar-refractivity contribution in [3.8, 4) is 0 Å². The molecule has 2 rings (SSSR count). The summed E-state index contributed by atoms with van der Waals surface area (Å²) in [6, 6.07) is 11.9. The molecule has 0 amide bonds. The second kappa shape index (κ2) is 9.30. The van der Waals surface area contributed by atoms with Gasteiger partial charge in [0.1, 0.15) is 0 Å². The zero-order valence-electron chi connectivity index (χ0n) is 10.6. The van der Waals surface area contributed by atoms with E-state index in [9.17, 15) is 0 Å². The van der Waals surface area contributed by atoms with E-state index in [2.05, 4.69) is 50.5 Å². The van der Waals surface area contributed by atoms with Gasteiger partial charge in [0.2, 0.25) is 0 Å². The summed E-state index contributed by atoms with van der Waals surface area (Å²) >= 11 is 16.7. The van der Waals surface area contributed by atoms with Crippen LogP contribution in [0, 0.1) is 13.8 Å². The molecule has 0 heterocycles. The van der Waals surface area contributed by atoms with Gasteiger partial charge in [-0.05, 0) is 49.2 Å². The average molecular weight is 371 g/mol. The first kappa shape index (κ1) is 19.3. The molecule has 0 unspecified atom stereocenters. The minimum absolute atomic E-state index is 0. The summed E-state index contributed by atoms with van der Waals surface area (Å²) in [6.07, 6.45) is 0. The number of hydrogen-bond donors (Lipinski definition) is 4. The van der Waals surface area contributed by atoms with E-state index < -0.39 is 0 Å². The monoisotopic (exact) mass is 370 g/mol.